The number of rotatable bonds is 10. The molecule has 0 saturated carbocycles. The molecule has 9 nitrogen and oxygen atoms in total. The van der Waals surface area contributed by atoms with E-state index in [4.69, 9.17) is 13.9 Å². The summed E-state index contributed by atoms with van der Waals surface area (Å²) in [4.78, 5) is 22.1. The van der Waals surface area contributed by atoms with Crippen LogP contribution in [0.25, 0.3) is 11.0 Å². The zero-order valence-electron chi connectivity index (χ0n) is 22.2. The van der Waals surface area contributed by atoms with Crippen LogP contribution < -0.4 is 14.8 Å². The number of carbonyl (C=O) groups is 1. The fourth-order valence-electron chi connectivity index (χ4n) is 4.29. The van der Waals surface area contributed by atoms with Crippen molar-refractivity contribution in [3.05, 3.63) is 102 Å². The van der Waals surface area contributed by atoms with Gasteiger partial charge in [0.15, 0.2) is 21.4 Å². The number of sulfone groups is 1. The topological polar surface area (TPSA) is 121 Å². The van der Waals surface area contributed by atoms with Crippen LogP contribution in [0.2, 0.25) is 0 Å². The molecule has 0 aliphatic rings. The van der Waals surface area contributed by atoms with E-state index < -0.39 is 15.6 Å². The van der Waals surface area contributed by atoms with Gasteiger partial charge in [0.25, 0.3) is 0 Å². The number of nitrogens with zero attached hydrogens (tertiary/aromatic N) is 2. The zero-order chi connectivity index (χ0) is 28.3. The van der Waals surface area contributed by atoms with Gasteiger partial charge in [-0.15, -0.1) is 0 Å². The molecular formula is C30H27N3O6S. The molecule has 2 heterocycles. The van der Waals surface area contributed by atoms with Gasteiger partial charge < -0.3 is 19.2 Å². The number of carbonyl (C=O) groups excluding carboxylic acids is 1. The summed E-state index contributed by atoms with van der Waals surface area (Å²) in [6.07, 6.45) is 1.47. The molecule has 0 fully saturated rings. The van der Waals surface area contributed by atoms with E-state index in [1.807, 2.05) is 12.1 Å². The fourth-order valence-corrected chi connectivity index (χ4v) is 5.63. The van der Waals surface area contributed by atoms with Crippen molar-refractivity contribution in [1.29, 1.82) is 0 Å². The maximum Gasteiger partial charge on any atom is 0.202 e. The molecule has 0 aliphatic carbocycles. The summed E-state index contributed by atoms with van der Waals surface area (Å²) in [5.41, 5.74) is 3.30. The monoisotopic (exact) mass is 557 g/mol. The number of hydrogen-bond acceptors (Lipinski definition) is 9. The number of ketones is 1. The standard InChI is InChI=1S/C30H27N3O6S/c1-19-11-12-39-29(19)28(34)14-20-7-6-8-24(13-20)40(35,36)18-27-30(33-26-10-5-4-9-25(26)32-27)31-21-15-22(37-2)17-23(16-21)38-3/h4-13,15-17H,14,18H2,1-3H3,(H,31,33). The first-order chi connectivity index (χ1) is 19.3. The first-order valence-corrected chi connectivity index (χ1v) is 14.1. The second-order valence-electron chi connectivity index (χ2n) is 9.17. The van der Waals surface area contributed by atoms with Gasteiger partial charge in [0.1, 0.15) is 17.3 Å². The average molecular weight is 558 g/mol. The predicted molar refractivity (Wildman–Crippen MR) is 151 cm³/mol. The van der Waals surface area contributed by atoms with Crippen molar-refractivity contribution in [3.8, 4) is 11.5 Å². The van der Waals surface area contributed by atoms with Crippen LogP contribution in [0.15, 0.2) is 88.4 Å². The normalized spacial score (nSPS) is 11.4. The lowest BCUT2D eigenvalue weighted by atomic mass is 10.1. The minimum Gasteiger partial charge on any atom is -0.497 e. The Labute approximate surface area is 231 Å². The van der Waals surface area contributed by atoms with Crippen LogP contribution in [0.1, 0.15) is 27.4 Å². The van der Waals surface area contributed by atoms with Crippen LogP contribution in [-0.4, -0.2) is 38.4 Å². The Bertz CT molecular complexity index is 1790. The second kappa shape index (κ2) is 11.2. The van der Waals surface area contributed by atoms with Crippen LogP contribution in [0, 0.1) is 6.92 Å². The number of methoxy groups -OCH3 is 2. The molecule has 0 radical (unpaired) electrons. The van der Waals surface area contributed by atoms with E-state index in [1.54, 1.807) is 69.7 Å². The van der Waals surface area contributed by atoms with Gasteiger partial charge in [0.05, 0.1) is 42.1 Å². The van der Waals surface area contributed by atoms with Gasteiger partial charge in [0, 0.05) is 30.3 Å². The third-order valence-electron chi connectivity index (χ3n) is 6.32. The van der Waals surface area contributed by atoms with Crippen molar-refractivity contribution in [2.45, 2.75) is 24.0 Å². The first kappa shape index (κ1) is 26.9. The van der Waals surface area contributed by atoms with E-state index in [9.17, 15) is 13.2 Å². The summed E-state index contributed by atoms with van der Waals surface area (Å²) >= 11 is 0. The van der Waals surface area contributed by atoms with Gasteiger partial charge in [-0.2, -0.15) is 0 Å². The Hall–Kier alpha value is -4.70. The Kier molecular flexibility index (Phi) is 7.52. The number of Topliss-reactive ketones (excluding diaryl/α,β-unsaturated/α-hetero) is 1. The van der Waals surface area contributed by atoms with E-state index in [2.05, 4.69) is 15.3 Å². The van der Waals surface area contributed by atoms with Gasteiger partial charge >= 0.3 is 0 Å². The van der Waals surface area contributed by atoms with Crippen LogP contribution >= 0.6 is 0 Å². The highest BCUT2D eigenvalue weighted by Gasteiger charge is 2.22. The van der Waals surface area contributed by atoms with Crippen molar-refractivity contribution in [2.24, 2.45) is 0 Å². The molecule has 3 aromatic carbocycles. The highest BCUT2D eigenvalue weighted by molar-refractivity contribution is 7.90. The molecular weight excluding hydrogens is 530 g/mol. The second-order valence-corrected chi connectivity index (χ2v) is 11.2. The Morgan fingerprint density at radius 1 is 0.900 bits per heavy atom. The highest BCUT2D eigenvalue weighted by Crippen LogP contribution is 2.30. The van der Waals surface area contributed by atoms with E-state index in [1.165, 1.54) is 18.4 Å². The van der Waals surface area contributed by atoms with Gasteiger partial charge in [-0.25, -0.2) is 18.4 Å². The number of aryl methyl sites for hydroxylation is 1. The number of para-hydroxylation sites is 2. The molecule has 5 rings (SSSR count). The van der Waals surface area contributed by atoms with E-state index in [0.29, 0.717) is 33.8 Å². The number of nitrogens with one attached hydrogen (secondary N) is 1. The first-order valence-electron chi connectivity index (χ1n) is 12.4. The lowest BCUT2D eigenvalue weighted by molar-refractivity contribution is 0.0965. The summed E-state index contributed by atoms with van der Waals surface area (Å²) in [5.74, 6) is 1.03. The number of benzene rings is 3. The lowest BCUT2D eigenvalue weighted by Crippen LogP contribution is -2.11. The van der Waals surface area contributed by atoms with Gasteiger partial charge in [-0.05, 0) is 48.4 Å². The summed E-state index contributed by atoms with van der Waals surface area (Å²) in [6, 6.07) is 20.5. The fraction of sp³-hybridized carbons (Fsp3) is 0.167. The van der Waals surface area contributed by atoms with Crippen LogP contribution in [0.3, 0.4) is 0 Å². The van der Waals surface area contributed by atoms with Crippen LogP contribution in [0.4, 0.5) is 11.5 Å². The van der Waals surface area contributed by atoms with E-state index in [-0.39, 0.29) is 34.4 Å². The van der Waals surface area contributed by atoms with Crippen molar-refractivity contribution in [3.63, 3.8) is 0 Å². The molecule has 10 heteroatoms. The minimum atomic E-state index is -3.87. The maximum absolute atomic E-state index is 13.6. The molecule has 1 N–H and O–H groups in total. The van der Waals surface area contributed by atoms with Gasteiger partial charge in [-0.1, -0.05) is 24.3 Å². The van der Waals surface area contributed by atoms with Crippen LogP contribution in [0.5, 0.6) is 11.5 Å². The molecule has 0 saturated heterocycles. The quantitative estimate of drug-likeness (QED) is 0.216. The van der Waals surface area contributed by atoms with E-state index in [0.717, 1.165) is 5.56 Å². The average Bonchev–Trinajstić information content (AvgIpc) is 3.39. The summed E-state index contributed by atoms with van der Waals surface area (Å²) in [7, 11) is -0.778. The number of hydrogen-bond donors (Lipinski definition) is 1. The molecule has 2 aromatic heterocycles. The molecule has 0 amide bonds. The van der Waals surface area contributed by atoms with Crippen molar-refractivity contribution in [1.82, 2.24) is 9.97 Å². The van der Waals surface area contributed by atoms with Gasteiger partial charge in [0.2, 0.25) is 5.78 Å². The van der Waals surface area contributed by atoms with Gasteiger partial charge in [-0.3, -0.25) is 4.79 Å². The maximum atomic E-state index is 13.6. The Morgan fingerprint density at radius 3 is 2.25 bits per heavy atom. The summed E-state index contributed by atoms with van der Waals surface area (Å²) in [6.45, 7) is 1.79. The molecule has 0 atom stereocenters. The van der Waals surface area contributed by atoms with E-state index >= 15 is 0 Å². The smallest absolute Gasteiger partial charge is 0.202 e. The molecule has 5 aromatic rings. The van der Waals surface area contributed by atoms with Crippen LogP contribution in [-0.2, 0) is 22.0 Å². The molecule has 0 spiro atoms. The number of fused-ring (bicyclic) bond motifs is 1. The minimum absolute atomic E-state index is 0.0119. The molecule has 0 aliphatic heterocycles. The summed E-state index contributed by atoms with van der Waals surface area (Å²) < 4.78 is 43.3. The Balaban J connectivity index is 1.48. The molecule has 204 valence electrons. The number of furan rings is 1. The number of anilines is 2. The SMILES string of the molecule is COc1cc(Nc2nc3ccccc3nc2CS(=O)(=O)c2cccc(CC(=O)c3occc3C)c2)cc(OC)c1. The largest absolute Gasteiger partial charge is 0.497 e. The third-order valence-corrected chi connectivity index (χ3v) is 7.95. The number of ether oxygens (including phenoxy) is 2. The number of aromatic nitrogens is 2. The third kappa shape index (κ3) is 5.81. The Morgan fingerprint density at radius 2 is 1.60 bits per heavy atom. The summed E-state index contributed by atoms with van der Waals surface area (Å²) in [5, 5.41) is 3.19. The van der Waals surface area contributed by atoms with Crippen molar-refractivity contribution in [2.75, 3.05) is 19.5 Å². The predicted octanol–water partition coefficient (Wildman–Crippen LogP) is 5.69. The highest BCUT2D eigenvalue weighted by atomic mass is 32.2. The van der Waals surface area contributed by atoms with Crippen molar-refractivity contribution < 1.29 is 27.1 Å². The van der Waals surface area contributed by atoms with Crippen molar-refractivity contribution >= 4 is 38.2 Å². The molecule has 0 unspecified atom stereocenters. The zero-order valence-corrected chi connectivity index (χ0v) is 23.0. The lowest BCUT2D eigenvalue weighted by Gasteiger charge is -2.14. The molecule has 40 heavy (non-hydrogen) atoms. The molecule has 0 bridgehead atoms.